The van der Waals surface area contributed by atoms with Crippen molar-refractivity contribution in [2.75, 3.05) is 13.1 Å². The van der Waals surface area contributed by atoms with E-state index in [1.54, 1.807) is 6.07 Å². The molecule has 2 N–H and O–H groups in total. The molecular formula is C16H24ClFN2O. The van der Waals surface area contributed by atoms with Crippen molar-refractivity contribution in [3.05, 3.63) is 35.6 Å². The number of halogens is 2. The monoisotopic (exact) mass is 314 g/mol. The van der Waals surface area contributed by atoms with Crippen LogP contribution in [-0.2, 0) is 11.2 Å². The van der Waals surface area contributed by atoms with E-state index in [1.165, 1.54) is 18.6 Å². The standard InChI is InChI=1S/C16H23FN2O.ClH/c1-12(8-13-4-2-5-14(17)10-13)9-16(20)19-11-15-6-3-7-18-15;/h2,4-5,10,12,15,18H,3,6-9,11H2,1H3,(H,19,20);1H. The summed E-state index contributed by atoms with van der Waals surface area (Å²) < 4.78 is 13.1. The molecule has 5 heteroatoms. The predicted molar refractivity (Wildman–Crippen MR) is 85.2 cm³/mol. The number of amides is 1. The van der Waals surface area contributed by atoms with Gasteiger partial charge in [0.2, 0.25) is 5.91 Å². The topological polar surface area (TPSA) is 41.1 Å². The molecule has 1 saturated heterocycles. The molecule has 1 heterocycles. The Morgan fingerprint density at radius 1 is 1.52 bits per heavy atom. The molecule has 2 rings (SSSR count). The zero-order valence-corrected chi connectivity index (χ0v) is 13.2. The highest BCUT2D eigenvalue weighted by molar-refractivity contribution is 5.85. The van der Waals surface area contributed by atoms with E-state index >= 15 is 0 Å². The first-order chi connectivity index (χ1) is 9.63. The lowest BCUT2D eigenvalue weighted by molar-refractivity contribution is -0.121. The van der Waals surface area contributed by atoms with Crippen LogP contribution in [0, 0.1) is 11.7 Å². The summed E-state index contributed by atoms with van der Waals surface area (Å²) in [6.45, 7) is 3.79. The second-order valence-corrected chi connectivity index (χ2v) is 5.74. The molecule has 2 atom stereocenters. The normalized spacial score (nSPS) is 18.9. The fraction of sp³-hybridized carbons (Fsp3) is 0.562. The molecule has 0 aliphatic carbocycles. The summed E-state index contributed by atoms with van der Waals surface area (Å²) in [4.78, 5) is 11.9. The van der Waals surface area contributed by atoms with Crippen molar-refractivity contribution in [2.45, 2.75) is 38.6 Å². The Balaban J connectivity index is 0.00000220. The molecule has 2 unspecified atom stereocenters. The van der Waals surface area contributed by atoms with Gasteiger partial charge < -0.3 is 10.6 Å². The van der Waals surface area contributed by atoms with Gasteiger partial charge in [0.1, 0.15) is 5.82 Å². The quantitative estimate of drug-likeness (QED) is 0.847. The van der Waals surface area contributed by atoms with Crippen molar-refractivity contribution in [3.63, 3.8) is 0 Å². The minimum absolute atomic E-state index is 0. The third-order valence-corrected chi connectivity index (χ3v) is 3.72. The highest BCUT2D eigenvalue weighted by Crippen LogP contribution is 2.13. The van der Waals surface area contributed by atoms with Crippen LogP contribution >= 0.6 is 12.4 Å². The first-order valence-corrected chi connectivity index (χ1v) is 7.38. The van der Waals surface area contributed by atoms with Gasteiger partial charge in [-0.2, -0.15) is 0 Å². The summed E-state index contributed by atoms with van der Waals surface area (Å²) in [5.41, 5.74) is 0.947. The van der Waals surface area contributed by atoms with E-state index in [2.05, 4.69) is 10.6 Å². The molecule has 1 amide bonds. The third kappa shape index (κ3) is 6.44. The van der Waals surface area contributed by atoms with E-state index in [0.717, 1.165) is 24.9 Å². The third-order valence-electron chi connectivity index (χ3n) is 3.72. The average Bonchev–Trinajstić information content (AvgIpc) is 2.89. The van der Waals surface area contributed by atoms with Crippen molar-refractivity contribution in [3.8, 4) is 0 Å². The lowest BCUT2D eigenvalue weighted by Gasteiger charge is -2.14. The molecule has 0 spiro atoms. The van der Waals surface area contributed by atoms with Crippen LogP contribution in [0.4, 0.5) is 4.39 Å². The van der Waals surface area contributed by atoms with E-state index < -0.39 is 0 Å². The van der Waals surface area contributed by atoms with Gasteiger partial charge in [-0.25, -0.2) is 4.39 Å². The molecular weight excluding hydrogens is 291 g/mol. The van der Waals surface area contributed by atoms with Crippen molar-refractivity contribution in [1.29, 1.82) is 0 Å². The molecule has 1 aliphatic heterocycles. The SMILES string of the molecule is CC(CC(=O)NCC1CCCN1)Cc1cccc(F)c1.Cl. The Kier molecular flexibility index (Phi) is 7.68. The smallest absolute Gasteiger partial charge is 0.220 e. The minimum Gasteiger partial charge on any atom is -0.355 e. The van der Waals surface area contributed by atoms with E-state index in [0.29, 0.717) is 19.0 Å². The Hall–Kier alpha value is -1.13. The van der Waals surface area contributed by atoms with Gasteiger partial charge in [0.05, 0.1) is 0 Å². The summed E-state index contributed by atoms with van der Waals surface area (Å²) in [5.74, 6) is 0.0856. The molecule has 1 aliphatic rings. The van der Waals surface area contributed by atoms with Gasteiger partial charge in [-0.05, 0) is 49.4 Å². The van der Waals surface area contributed by atoms with Crippen LogP contribution in [-0.4, -0.2) is 25.0 Å². The van der Waals surface area contributed by atoms with E-state index in [1.807, 2.05) is 13.0 Å². The maximum Gasteiger partial charge on any atom is 0.220 e. The number of benzene rings is 1. The van der Waals surface area contributed by atoms with Crippen molar-refractivity contribution >= 4 is 18.3 Å². The number of hydrogen-bond acceptors (Lipinski definition) is 2. The maximum absolute atomic E-state index is 13.1. The number of nitrogens with one attached hydrogen (secondary N) is 2. The van der Waals surface area contributed by atoms with Crippen molar-refractivity contribution < 1.29 is 9.18 Å². The molecule has 3 nitrogen and oxygen atoms in total. The fourth-order valence-corrected chi connectivity index (χ4v) is 2.70. The van der Waals surface area contributed by atoms with Gasteiger partial charge in [-0.3, -0.25) is 4.79 Å². The Morgan fingerprint density at radius 2 is 2.33 bits per heavy atom. The maximum atomic E-state index is 13.1. The summed E-state index contributed by atoms with van der Waals surface area (Å²) >= 11 is 0. The Morgan fingerprint density at radius 3 is 3.00 bits per heavy atom. The molecule has 1 aromatic rings. The highest BCUT2D eigenvalue weighted by Gasteiger charge is 2.16. The van der Waals surface area contributed by atoms with Gasteiger partial charge >= 0.3 is 0 Å². The summed E-state index contributed by atoms with van der Waals surface area (Å²) in [6, 6.07) is 7.02. The fourth-order valence-electron chi connectivity index (χ4n) is 2.70. The Labute approximate surface area is 132 Å². The molecule has 0 radical (unpaired) electrons. The minimum atomic E-state index is -0.216. The van der Waals surface area contributed by atoms with Gasteiger partial charge in [0.25, 0.3) is 0 Å². The van der Waals surface area contributed by atoms with Crippen LogP contribution in [0.3, 0.4) is 0 Å². The number of rotatable bonds is 6. The van der Waals surface area contributed by atoms with E-state index in [4.69, 9.17) is 0 Å². The summed E-state index contributed by atoms with van der Waals surface area (Å²) in [6.07, 6.45) is 3.55. The van der Waals surface area contributed by atoms with Gasteiger partial charge in [-0.1, -0.05) is 19.1 Å². The van der Waals surface area contributed by atoms with Crippen LogP contribution in [0.1, 0.15) is 31.7 Å². The molecule has 0 aromatic heterocycles. The molecule has 1 aromatic carbocycles. The highest BCUT2D eigenvalue weighted by atomic mass is 35.5. The zero-order valence-electron chi connectivity index (χ0n) is 12.4. The molecule has 21 heavy (non-hydrogen) atoms. The molecule has 1 fully saturated rings. The van der Waals surface area contributed by atoms with Crippen molar-refractivity contribution in [1.82, 2.24) is 10.6 Å². The molecule has 118 valence electrons. The summed E-state index contributed by atoms with van der Waals surface area (Å²) in [5, 5.41) is 6.33. The van der Waals surface area contributed by atoms with Crippen LogP contribution in [0.15, 0.2) is 24.3 Å². The predicted octanol–water partition coefficient (Wildman–Crippen LogP) is 2.68. The van der Waals surface area contributed by atoms with Crippen molar-refractivity contribution in [2.24, 2.45) is 5.92 Å². The van der Waals surface area contributed by atoms with Crippen LogP contribution in [0.2, 0.25) is 0 Å². The van der Waals surface area contributed by atoms with E-state index in [9.17, 15) is 9.18 Å². The lowest BCUT2D eigenvalue weighted by atomic mass is 9.97. The van der Waals surface area contributed by atoms with Crippen LogP contribution < -0.4 is 10.6 Å². The van der Waals surface area contributed by atoms with Gasteiger partial charge in [0, 0.05) is 19.0 Å². The average molecular weight is 315 g/mol. The zero-order chi connectivity index (χ0) is 14.4. The van der Waals surface area contributed by atoms with Gasteiger partial charge in [-0.15, -0.1) is 12.4 Å². The van der Waals surface area contributed by atoms with Gasteiger partial charge in [0.15, 0.2) is 0 Å². The number of carbonyl (C=O) groups is 1. The second-order valence-electron chi connectivity index (χ2n) is 5.74. The Bertz CT molecular complexity index is 450. The second kappa shape index (κ2) is 9.00. The molecule has 0 bridgehead atoms. The van der Waals surface area contributed by atoms with Crippen LogP contribution in [0.5, 0.6) is 0 Å². The largest absolute Gasteiger partial charge is 0.355 e. The number of hydrogen-bond donors (Lipinski definition) is 2. The number of carbonyl (C=O) groups excluding carboxylic acids is 1. The first kappa shape index (κ1) is 17.9. The van der Waals surface area contributed by atoms with E-state index in [-0.39, 0.29) is 30.0 Å². The molecule has 0 saturated carbocycles. The first-order valence-electron chi connectivity index (χ1n) is 7.38. The summed E-state index contributed by atoms with van der Waals surface area (Å²) in [7, 11) is 0. The van der Waals surface area contributed by atoms with Crippen LogP contribution in [0.25, 0.3) is 0 Å². The lowest BCUT2D eigenvalue weighted by Crippen LogP contribution is -2.37.